The first-order valence-electron chi connectivity index (χ1n) is 9.07. The second-order valence-electron chi connectivity index (χ2n) is 7.18. The van der Waals surface area contributed by atoms with Crippen molar-refractivity contribution in [3.8, 4) is 17.7 Å². The zero-order valence-electron chi connectivity index (χ0n) is 14.7. The van der Waals surface area contributed by atoms with Gasteiger partial charge >= 0.3 is 0 Å². The van der Waals surface area contributed by atoms with Crippen molar-refractivity contribution in [3.05, 3.63) is 51.8 Å². The van der Waals surface area contributed by atoms with Gasteiger partial charge in [-0.05, 0) is 43.9 Å². The third-order valence-corrected chi connectivity index (χ3v) is 5.64. The lowest BCUT2D eigenvalue weighted by molar-refractivity contribution is -0.0817. The minimum Gasteiger partial charge on any atom is -0.486 e. The zero-order chi connectivity index (χ0) is 18.1. The second-order valence-corrected chi connectivity index (χ2v) is 7.18. The molecular weight excluding hydrogens is 330 g/mol. The standard InChI is InChI=1S/C20H21N3O3/c1-13-19(25-18-8-7-17(24)22-23-18)15-11-14(12-21)5-6-16(15)26-20(13)9-3-2-4-10-20/h5-8,11,13,19H,2-4,9-10H2,1H3,(H,22,24). The van der Waals surface area contributed by atoms with E-state index < -0.39 is 0 Å². The van der Waals surface area contributed by atoms with Crippen LogP contribution < -0.4 is 15.0 Å². The minimum absolute atomic E-state index is 0.0953. The largest absolute Gasteiger partial charge is 0.486 e. The van der Waals surface area contributed by atoms with Gasteiger partial charge in [-0.15, -0.1) is 5.10 Å². The Hall–Kier alpha value is -2.81. The highest BCUT2D eigenvalue weighted by molar-refractivity contribution is 5.46. The first-order valence-corrected chi connectivity index (χ1v) is 9.07. The lowest BCUT2D eigenvalue weighted by atomic mass is 9.71. The summed E-state index contributed by atoms with van der Waals surface area (Å²) in [7, 11) is 0. The number of benzene rings is 1. The second kappa shape index (κ2) is 6.49. The van der Waals surface area contributed by atoms with Gasteiger partial charge in [-0.3, -0.25) is 4.79 Å². The van der Waals surface area contributed by atoms with Crippen LogP contribution in [0.4, 0.5) is 0 Å². The fourth-order valence-electron chi connectivity index (χ4n) is 4.19. The van der Waals surface area contributed by atoms with E-state index in [0.29, 0.717) is 11.4 Å². The molecule has 1 spiro atoms. The van der Waals surface area contributed by atoms with E-state index in [-0.39, 0.29) is 23.2 Å². The van der Waals surface area contributed by atoms with Crippen LogP contribution in [0.25, 0.3) is 0 Å². The molecule has 2 aliphatic rings. The molecule has 2 atom stereocenters. The molecule has 1 N–H and O–H groups in total. The molecule has 6 heteroatoms. The van der Waals surface area contributed by atoms with Gasteiger partial charge in [0.15, 0.2) is 0 Å². The molecule has 0 saturated heterocycles. The van der Waals surface area contributed by atoms with Gasteiger partial charge in [0.25, 0.3) is 5.56 Å². The van der Waals surface area contributed by atoms with E-state index in [4.69, 9.17) is 9.47 Å². The number of aromatic nitrogens is 2. The van der Waals surface area contributed by atoms with Crippen molar-refractivity contribution in [2.45, 2.75) is 50.7 Å². The van der Waals surface area contributed by atoms with E-state index in [1.54, 1.807) is 12.1 Å². The van der Waals surface area contributed by atoms with Crippen LogP contribution >= 0.6 is 0 Å². The van der Waals surface area contributed by atoms with Crippen LogP contribution in [-0.2, 0) is 0 Å². The van der Waals surface area contributed by atoms with Crippen LogP contribution in [0.15, 0.2) is 35.1 Å². The normalized spacial score (nSPS) is 23.5. The van der Waals surface area contributed by atoms with Gasteiger partial charge in [0.1, 0.15) is 17.5 Å². The fourth-order valence-corrected chi connectivity index (χ4v) is 4.19. The van der Waals surface area contributed by atoms with Crippen molar-refractivity contribution in [1.29, 1.82) is 5.26 Å². The van der Waals surface area contributed by atoms with Crippen molar-refractivity contribution in [2.24, 2.45) is 5.92 Å². The van der Waals surface area contributed by atoms with Gasteiger partial charge in [0.05, 0.1) is 11.6 Å². The summed E-state index contributed by atoms with van der Waals surface area (Å²) in [6, 6.07) is 10.6. The lowest BCUT2D eigenvalue weighted by Gasteiger charge is -2.48. The Bertz CT molecular complexity index is 889. The topological polar surface area (TPSA) is 88.0 Å². The van der Waals surface area contributed by atoms with Gasteiger partial charge in [-0.1, -0.05) is 13.3 Å². The lowest BCUT2D eigenvalue weighted by Crippen LogP contribution is -2.50. The highest BCUT2D eigenvalue weighted by Crippen LogP contribution is 2.51. The van der Waals surface area contributed by atoms with Crippen molar-refractivity contribution in [3.63, 3.8) is 0 Å². The number of H-pyrrole nitrogens is 1. The van der Waals surface area contributed by atoms with Crippen LogP contribution in [0, 0.1) is 17.2 Å². The molecule has 2 heterocycles. The smallest absolute Gasteiger partial charge is 0.264 e. The molecule has 0 bridgehead atoms. The highest BCUT2D eigenvalue weighted by atomic mass is 16.5. The van der Waals surface area contributed by atoms with E-state index >= 15 is 0 Å². The van der Waals surface area contributed by atoms with Crippen LogP contribution in [0.3, 0.4) is 0 Å². The third-order valence-electron chi connectivity index (χ3n) is 5.64. The van der Waals surface area contributed by atoms with Gasteiger partial charge in [-0.2, -0.15) is 5.26 Å². The number of aromatic amines is 1. The Morgan fingerprint density at radius 2 is 2.08 bits per heavy atom. The van der Waals surface area contributed by atoms with Crippen LogP contribution in [-0.4, -0.2) is 15.8 Å². The summed E-state index contributed by atoms with van der Waals surface area (Å²) in [6.45, 7) is 2.14. The van der Waals surface area contributed by atoms with Gasteiger partial charge < -0.3 is 9.47 Å². The molecule has 4 rings (SSSR count). The summed E-state index contributed by atoms with van der Waals surface area (Å²) >= 11 is 0. The maximum Gasteiger partial charge on any atom is 0.264 e. The maximum absolute atomic E-state index is 11.3. The molecule has 26 heavy (non-hydrogen) atoms. The van der Waals surface area contributed by atoms with Crippen molar-refractivity contribution >= 4 is 0 Å². The Kier molecular flexibility index (Phi) is 4.15. The molecule has 0 radical (unpaired) electrons. The molecule has 1 aromatic heterocycles. The molecule has 134 valence electrons. The predicted molar refractivity (Wildman–Crippen MR) is 95.0 cm³/mol. The first kappa shape index (κ1) is 16.6. The Morgan fingerprint density at radius 1 is 1.27 bits per heavy atom. The monoisotopic (exact) mass is 351 g/mol. The quantitative estimate of drug-likeness (QED) is 0.895. The average molecular weight is 351 g/mol. The fraction of sp³-hybridized carbons (Fsp3) is 0.450. The average Bonchev–Trinajstić information content (AvgIpc) is 2.67. The number of rotatable bonds is 2. The van der Waals surface area contributed by atoms with Crippen molar-refractivity contribution < 1.29 is 9.47 Å². The van der Waals surface area contributed by atoms with Crippen molar-refractivity contribution in [2.75, 3.05) is 0 Å². The molecule has 1 aliphatic heterocycles. The Balaban J connectivity index is 1.77. The summed E-state index contributed by atoms with van der Waals surface area (Å²) in [6.07, 6.45) is 5.20. The Morgan fingerprint density at radius 3 is 2.77 bits per heavy atom. The van der Waals surface area contributed by atoms with Gasteiger partial charge in [0.2, 0.25) is 5.88 Å². The predicted octanol–water partition coefficient (Wildman–Crippen LogP) is 3.49. The number of nitrogens with one attached hydrogen (secondary N) is 1. The summed E-state index contributed by atoms with van der Waals surface area (Å²) in [5.74, 6) is 1.24. The van der Waals surface area contributed by atoms with E-state index in [1.165, 1.54) is 12.5 Å². The Labute approximate surface area is 151 Å². The molecule has 1 saturated carbocycles. The van der Waals surface area contributed by atoms with Gasteiger partial charge in [-0.25, -0.2) is 5.10 Å². The first-order chi connectivity index (χ1) is 12.6. The SMILES string of the molecule is CC1C(Oc2ccc(=O)[nH]n2)c2cc(C#N)ccc2OC12CCCCC2. The maximum atomic E-state index is 11.3. The van der Waals surface area contributed by atoms with E-state index in [9.17, 15) is 10.1 Å². The number of nitriles is 1. The van der Waals surface area contributed by atoms with Crippen LogP contribution in [0.1, 0.15) is 56.3 Å². The van der Waals surface area contributed by atoms with Crippen LogP contribution in [0.5, 0.6) is 11.6 Å². The molecule has 1 fully saturated rings. The number of nitrogens with zero attached hydrogens (tertiary/aromatic N) is 2. The summed E-state index contributed by atoms with van der Waals surface area (Å²) < 4.78 is 12.7. The summed E-state index contributed by atoms with van der Waals surface area (Å²) in [4.78, 5) is 11.3. The summed E-state index contributed by atoms with van der Waals surface area (Å²) in [5, 5.41) is 15.7. The highest BCUT2D eigenvalue weighted by Gasteiger charge is 2.49. The molecule has 6 nitrogen and oxygen atoms in total. The molecule has 2 unspecified atom stereocenters. The number of ether oxygens (including phenoxy) is 2. The van der Waals surface area contributed by atoms with Crippen LogP contribution in [0.2, 0.25) is 0 Å². The minimum atomic E-state index is -0.288. The zero-order valence-corrected chi connectivity index (χ0v) is 14.7. The van der Waals surface area contributed by atoms with E-state index in [2.05, 4.69) is 23.2 Å². The molecular formula is C20H21N3O3. The van der Waals surface area contributed by atoms with Gasteiger partial charge in [0, 0.05) is 23.6 Å². The molecule has 0 amide bonds. The molecule has 2 aromatic rings. The molecule has 1 aliphatic carbocycles. The number of hydrogen-bond acceptors (Lipinski definition) is 5. The van der Waals surface area contributed by atoms with E-state index in [0.717, 1.165) is 37.0 Å². The van der Waals surface area contributed by atoms with E-state index in [1.807, 2.05) is 12.1 Å². The number of hydrogen-bond donors (Lipinski definition) is 1. The molecule has 1 aromatic carbocycles. The summed E-state index contributed by atoms with van der Waals surface area (Å²) in [5.41, 5.74) is 0.905. The third kappa shape index (κ3) is 2.84. The van der Waals surface area contributed by atoms with Crippen molar-refractivity contribution in [1.82, 2.24) is 10.2 Å². The number of fused-ring (bicyclic) bond motifs is 1.